The molecule has 0 bridgehead atoms. The monoisotopic (exact) mass is 146 g/mol. The summed E-state index contributed by atoms with van der Waals surface area (Å²) in [7, 11) is 0. The molecule has 0 aromatic heterocycles. The molecular weight excluding hydrogens is 136 g/mol. The first-order valence-electron chi connectivity index (χ1n) is 2.82. The van der Waals surface area contributed by atoms with Crippen LogP contribution < -0.4 is 0 Å². The molecule has 52 valence electrons. The molecule has 0 rings (SSSR count). The largest absolute Gasteiger partial charge is 0.481 e. The predicted octanol–water partition coefficient (Wildman–Crippen LogP) is 1.49. The number of aliphatic carboxylic acids is 1. The zero-order chi connectivity index (χ0) is 7.44. The Morgan fingerprint density at radius 1 is 1.78 bits per heavy atom. The number of hydrogen-bond donors (Lipinski definition) is 1. The van der Waals surface area contributed by atoms with E-state index in [1.807, 2.05) is 6.92 Å². The van der Waals surface area contributed by atoms with E-state index in [4.69, 9.17) is 17.3 Å². The highest BCUT2D eigenvalue weighted by atomic mass is 32.1. The molecule has 0 aromatic rings. The molecule has 0 radical (unpaired) electrons. The molecule has 0 aliphatic heterocycles. The van der Waals surface area contributed by atoms with Crippen LogP contribution in [0, 0.1) is 5.92 Å². The number of hydrogen-bond acceptors (Lipinski definition) is 2. The van der Waals surface area contributed by atoms with Gasteiger partial charge in [-0.1, -0.05) is 19.1 Å². The van der Waals surface area contributed by atoms with Gasteiger partial charge in [0.05, 0.1) is 5.92 Å². The van der Waals surface area contributed by atoms with Crippen molar-refractivity contribution in [3.05, 3.63) is 0 Å². The first-order chi connectivity index (χ1) is 4.09. The molecule has 3 heteroatoms. The van der Waals surface area contributed by atoms with Crippen LogP contribution in [0.15, 0.2) is 0 Å². The minimum Gasteiger partial charge on any atom is -0.481 e. The lowest BCUT2D eigenvalue weighted by Gasteiger charge is -2.04. The van der Waals surface area contributed by atoms with E-state index in [0.717, 1.165) is 0 Å². The van der Waals surface area contributed by atoms with Crippen LogP contribution in [0.1, 0.15) is 20.3 Å². The van der Waals surface area contributed by atoms with E-state index in [9.17, 15) is 4.79 Å². The van der Waals surface area contributed by atoms with Crippen molar-refractivity contribution >= 4 is 23.1 Å². The van der Waals surface area contributed by atoms with Gasteiger partial charge in [0.2, 0.25) is 0 Å². The Morgan fingerprint density at radius 3 is 2.22 bits per heavy atom. The van der Waals surface area contributed by atoms with Gasteiger partial charge in [-0.05, 0) is 13.3 Å². The topological polar surface area (TPSA) is 37.3 Å². The summed E-state index contributed by atoms with van der Waals surface area (Å²) in [6.07, 6.45) is 0.588. The van der Waals surface area contributed by atoms with Gasteiger partial charge >= 0.3 is 5.97 Å². The van der Waals surface area contributed by atoms with Gasteiger partial charge in [-0.3, -0.25) is 4.79 Å². The summed E-state index contributed by atoms with van der Waals surface area (Å²) in [5.74, 6) is -1.25. The minimum atomic E-state index is -0.815. The van der Waals surface area contributed by atoms with E-state index in [0.29, 0.717) is 11.3 Å². The molecule has 0 saturated heterocycles. The quantitative estimate of drug-likeness (QED) is 0.613. The number of carboxylic acid groups (broad SMARTS) is 1. The molecule has 2 nitrogen and oxygen atoms in total. The smallest absolute Gasteiger partial charge is 0.311 e. The van der Waals surface area contributed by atoms with Crippen molar-refractivity contribution in [2.75, 3.05) is 0 Å². The molecule has 0 fully saturated rings. The highest BCUT2D eigenvalue weighted by molar-refractivity contribution is 7.80. The van der Waals surface area contributed by atoms with E-state index in [-0.39, 0.29) is 0 Å². The second-order valence-corrected chi connectivity index (χ2v) is 2.55. The van der Waals surface area contributed by atoms with Gasteiger partial charge in [-0.2, -0.15) is 0 Å². The maximum absolute atomic E-state index is 10.3. The third-order valence-electron chi connectivity index (χ3n) is 1.20. The van der Waals surface area contributed by atoms with Crippen LogP contribution in [0.2, 0.25) is 0 Å². The number of carboxylic acids is 1. The molecule has 0 aromatic carbocycles. The number of rotatable bonds is 3. The van der Waals surface area contributed by atoms with Crippen molar-refractivity contribution in [3.8, 4) is 0 Å². The third kappa shape index (κ3) is 2.56. The molecule has 0 heterocycles. The Labute approximate surface area is 59.9 Å². The van der Waals surface area contributed by atoms with Gasteiger partial charge in [0, 0.05) is 4.86 Å². The molecular formula is C6H10O2S. The van der Waals surface area contributed by atoms with Crippen LogP contribution in [-0.2, 0) is 4.79 Å². The summed E-state index contributed by atoms with van der Waals surface area (Å²) in [6.45, 7) is 3.48. The highest BCUT2D eigenvalue weighted by Crippen LogP contribution is 2.04. The van der Waals surface area contributed by atoms with Crippen LogP contribution in [0.25, 0.3) is 0 Å². The lowest BCUT2D eigenvalue weighted by atomic mass is 10.0. The van der Waals surface area contributed by atoms with Gasteiger partial charge in [-0.15, -0.1) is 0 Å². The average Bonchev–Trinajstić information content (AvgIpc) is 1.64. The Kier molecular flexibility index (Phi) is 3.39. The van der Waals surface area contributed by atoms with Crippen LogP contribution in [0.4, 0.5) is 0 Å². The molecule has 1 unspecified atom stereocenters. The first-order valence-corrected chi connectivity index (χ1v) is 3.23. The lowest BCUT2D eigenvalue weighted by molar-refractivity contribution is -0.139. The van der Waals surface area contributed by atoms with E-state index in [2.05, 4.69) is 0 Å². The maximum Gasteiger partial charge on any atom is 0.311 e. The van der Waals surface area contributed by atoms with Gasteiger partial charge in [0.25, 0.3) is 0 Å². The van der Waals surface area contributed by atoms with Crippen molar-refractivity contribution in [1.82, 2.24) is 0 Å². The van der Waals surface area contributed by atoms with Gasteiger partial charge in [0.15, 0.2) is 0 Å². The highest BCUT2D eigenvalue weighted by Gasteiger charge is 2.15. The van der Waals surface area contributed by atoms with E-state index in [1.54, 1.807) is 6.92 Å². The average molecular weight is 146 g/mol. The summed E-state index contributed by atoms with van der Waals surface area (Å²) in [5.41, 5.74) is 0. The summed E-state index contributed by atoms with van der Waals surface area (Å²) in [6, 6.07) is 0. The molecule has 1 atom stereocenters. The number of thiocarbonyl (C=S) groups is 1. The Balaban J connectivity index is 3.99. The Morgan fingerprint density at radius 2 is 2.22 bits per heavy atom. The fraction of sp³-hybridized carbons (Fsp3) is 0.667. The predicted molar refractivity (Wildman–Crippen MR) is 39.7 cm³/mol. The SMILES string of the molecule is CCC(C(=O)O)C(C)=S. The van der Waals surface area contributed by atoms with Crippen LogP contribution in [0.3, 0.4) is 0 Å². The fourth-order valence-corrected chi connectivity index (χ4v) is 0.903. The van der Waals surface area contributed by atoms with Crippen molar-refractivity contribution < 1.29 is 9.90 Å². The third-order valence-corrected chi connectivity index (χ3v) is 1.48. The normalized spacial score (nSPS) is 12.7. The molecule has 9 heavy (non-hydrogen) atoms. The number of carbonyl (C=O) groups is 1. The molecule has 0 spiro atoms. The van der Waals surface area contributed by atoms with Crippen molar-refractivity contribution in [2.45, 2.75) is 20.3 Å². The first kappa shape index (κ1) is 8.56. The maximum atomic E-state index is 10.3. The van der Waals surface area contributed by atoms with E-state index < -0.39 is 11.9 Å². The molecule has 0 aliphatic carbocycles. The van der Waals surface area contributed by atoms with Crippen LogP contribution in [-0.4, -0.2) is 15.9 Å². The van der Waals surface area contributed by atoms with Crippen LogP contribution >= 0.6 is 12.2 Å². The molecule has 0 saturated carbocycles. The fourth-order valence-electron chi connectivity index (χ4n) is 0.636. The van der Waals surface area contributed by atoms with Crippen molar-refractivity contribution in [2.24, 2.45) is 5.92 Å². The van der Waals surface area contributed by atoms with Crippen LogP contribution in [0.5, 0.6) is 0 Å². The summed E-state index contributed by atoms with van der Waals surface area (Å²) in [5, 5.41) is 8.46. The Bertz CT molecular complexity index is 117. The van der Waals surface area contributed by atoms with E-state index in [1.165, 1.54) is 0 Å². The summed E-state index contributed by atoms with van der Waals surface area (Å²) >= 11 is 4.71. The summed E-state index contributed by atoms with van der Waals surface area (Å²) < 4.78 is 0. The minimum absolute atomic E-state index is 0.431. The molecule has 0 aliphatic rings. The van der Waals surface area contributed by atoms with Gasteiger partial charge < -0.3 is 5.11 Å². The van der Waals surface area contributed by atoms with Gasteiger partial charge in [0.1, 0.15) is 0 Å². The Hall–Kier alpha value is -0.440. The van der Waals surface area contributed by atoms with Gasteiger partial charge in [-0.25, -0.2) is 0 Å². The van der Waals surface area contributed by atoms with Crippen molar-refractivity contribution in [3.63, 3.8) is 0 Å². The summed E-state index contributed by atoms with van der Waals surface area (Å²) in [4.78, 5) is 10.8. The molecule has 0 amide bonds. The standard InChI is InChI=1S/C6H10O2S/c1-3-5(4(2)9)6(7)8/h5H,3H2,1-2H3,(H,7,8). The second-order valence-electron chi connectivity index (χ2n) is 1.91. The molecule has 1 N–H and O–H groups in total. The van der Waals surface area contributed by atoms with E-state index >= 15 is 0 Å². The zero-order valence-electron chi connectivity index (χ0n) is 5.55. The second kappa shape index (κ2) is 3.56. The zero-order valence-corrected chi connectivity index (χ0v) is 6.36. The lowest BCUT2D eigenvalue weighted by Crippen LogP contribution is -2.18. The van der Waals surface area contributed by atoms with Crippen molar-refractivity contribution in [1.29, 1.82) is 0 Å².